The molecular weight excluding hydrogens is 627 g/mol. The van der Waals surface area contributed by atoms with E-state index in [4.69, 9.17) is 19.3 Å². The first-order valence-electron chi connectivity index (χ1n) is 18.9. The minimum Gasteiger partial charge on any atom is -0.462 e. The number of carbonyl (C=O) groups is 2. The molecule has 9 heteroatoms. The van der Waals surface area contributed by atoms with Crippen LogP contribution in [-0.4, -0.2) is 41.0 Å². The molecular formula is C39H69O8P. The van der Waals surface area contributed by atoms with Gasteiger partial charge in [-0.05, 0) is 77.0 Å². The van der Waals surface area contributed by atoms with E-state index in [1.807, 2.05) is 0 Å². The van der Waals surface area contributed by atoms with Crippen LogP contribution in [-0.2, 0) is 28.2 Å². The van der Waals surface area contributed by atoms with Gasteiger partial charge in [0.15, 0.2) is 6.10 Å². The van der Waals surface area contributed by atoms with Crippen molar-refractivity contribution in [3.63, 3.8) is 0 Å². The average molecular weight is 697 g/mol. The SMILES string of the molecule is CCCCC/C=C/C/C=C/C/C=C/CCCCC(=O)O[C@H](COC(=O)CCCC/C=C/CCCCCCCCCCC)COP(=O)(O)O. The summed E-state index contributed by atoms with van der Waals surface area (Å²) in [5, 5.41) is 0. The highest BCUT2D eigenvalue weighted by molar-refractivity contribution is 7.46. The first kappa shape index (κ1) is 46.0. The Balaban J connectivity index is 4.07. The minimum absolute atomic E-state index is 0.158. The molecule has 0 bridgehead atoms. The number of allylic oxidation sites excluding steroid dienone is 8. The van der Waals surface area contributed by atoms with Gasteiger partial charge in [-0.15, -0.1) is 0 Å². The van der Waals surface area contributed by atoms with E-state index in [0.717, 1.165) is 51.4 Å². The Kier molecular flexibility index (Phi) is 33.4. The summed E-state index contributed by atoms with van der Waals surface area (Å²) in [7, 11) is -4.76. The van der Waals surface area contributed by atoms with Gasteiger partial charge >= 0.3 is 19.8 Å². The lowest BCUT2D eigenvalue weighted by atomic mass is 10.1. The van der Waals surface area contributed by atoms with Gasteiger partial charge in [-0.3, -0.25) is 14.1 Å². The number of unbranched alkanes of at least 4 members (excludes halogenated alkanes) is 16. The number of phosphoric ester groups is 1. The maximum absolute atomic E-state index is 12.3. The fourth-order valence-electron chi connectivity index (χ4n) is 4.96. The summed E-state index contributed by atoms with van der Waals surface area (Å²) in [6.07, 6.45) is 41.2. The van der Waals surface area contributed by atoms with Crippen molar-refractivity contribution in [1.29, 1.82) is 0 Å². The monoisotopic (exact) mass is 696 g/mol. The lowest BCUT2D eigenvalue weighted by molar-refractivity contribution is -0.161. The van der Waals surface area contributed by atoms with Gasteiger partial charge in [0.2, 0.25) is 0 Å². The van der Waals surface area contributed by atoms with Gasteiger partial charge in [0.25, 0.3) is 0 Å². The van der Waals surface area contributed by atoms with E-state index in [-0.39, 0.29) is 19.4 Å². The van der Waals surface area contributed by atoms with Crippen LogP contribution in [0, 0.1) is 0 Å². The van der Waals surface area contributed by atoms with Gasteiger partial charge in [-0.2, -0.15) is 0 Å². The normalized spacial score (nSPS) is 13.0. The van der Waals surface area contributed by atoms with E-state index >= 15 is 0 Å². The second-order valence-electron chi connectivity index (χ2n) is 12.5. The van der Waals surface area contributed by atoms with Gasteiger partial charge in [0.1, 0.15) is 6.61 Å². The summed E-state index contributed by atoms with van der Waals surface area (Å²) in [6, 6.07) is 0. The van der Waals surface area contributed by atoms with Crippen LogP contribution < -0.4 is 0 Å². The zero-order valence-corrected chi connectivity index (χ0v) is 31.3. The largest absolute Gasteiger partial charge is 0.469 e. The fourth-order valence-corrected chi connectivity index (χ4v) is 5.32. The zero-order valence-electron chi connectivity index (χ0n) is 30.4. The molecule has 1 atom stereocenters. The Morgan fingerprint density at radius 1 is 0.542 bits per heavy atom. The average Bonchev–Trinajstić information content (AvgIpc) is 3.05. The lowest BCUT2D eigenvalue weighted by Gasteiger charge is -2.18. The Morgan fingerprint density at radius 3 is 1.46 bits per heavy atom. The van der Waals surface area contributed by atoms with Gasteiger partial charge in [-0.1, -0.05) is 127 Å². The quantitative estimate of drug-likeness (QED) is 0.0295. The predicted octanol–water partition coefficient (Wildman–Crippen LogP) is 11.2. The maximum Gasteiger partial charge on any atom is 0.469 e. The summed E-state index contributed by atoms with van der Waals surface area (Å²) in [6.45, 7) is 3.59. The van der Waals surface area contributed by atoms with Crippen molar-refractivity contribution in [2.45, 2.75) is 174 Å². The summed E-state index contributed by atoms with van der Waals surface area (Å²) < 4.78 is 26.2. The van der Waals surface area contributed by atoms with Crippen molar-refractivity contribution in [1.82, 2.24) is 0 Å². The highest BCUT2D eigenvalue weighted by Gasteiger charge is 2.22. The third-order valence-corrected chi connectivity index (χ3v) is 8.31. The number of rotatable bonds is 34. The smallest absolute Gasteiger partial charge is 0.462 e. The molecule has 0 spiro atoms. The molecule has 0 aromatic rings. The first-order valence-corrected chi connectivity index (χ1v) is 20.5. The molecule has 0 saturated carbocycles. The third-order valence-electron chi connectivity index (χ3n) is 7.82. The van der Waals surface area contributed by atoms with Crippen LogP contribution in [0.15, 0.2) is 48.6 Å². The fraction of sp³-hybridized carbons (Fsp3) is 0.744. The summed E-state index contributed by atoms with van der Waals surface area (Å²) in [4.78, 5) is 42.7. The number of phosphoric acid groups is 1. The third kappa shape index (κ3) is 36.8. The second-order valence-corrected chi connectivity index (χ2v) is 13.8. The minimum atomic E-state index is -4.76. The van der Waals surface area contributed by atoms with Crippen molar-refractivity contribution in [3.05, 3.63) is 48.6 Å². The molecule has 0 saturated heterocycles. The van der Waals surface area contributed by atoms with Crippen LogP contribution in [0.1, 0.15) is 168 Å². The molecule has 0 aliphatic heterocycles. The van der Waals surface area contributed by atoms with E-state index in [2.05, 4.69) is 67.0 Å². The molecule has 0 aromatic heterocycles. The lowest BCUT2D eigenvalue weighted by Crippen LogP contribution is -2.29. The van der Waals surface area contributed by atoms with Crippen LogP contribution in [0.25, 0.3) is 0 Å². The van der Waals surface area contributed by atoms with E-state index in [1.54, 1.807) is 0 Å². The zero-order chi connectivity index (χ0) is 35.4. The number of ether oxygens (including phenoxy) is 2. The van der Waals surface area contributed by atoms with Crippen LogP contribution in [0.4, 0.5) is 0 Å². The molecule has 2 N–H and O–H groups in total. The molecule has 0 aromatic carbocycles. The van der Waals surface area contributed by atoms with Gasteiger partial charge in [-0.25, -0.2) is 4.57 Å². The molecule has 0 radical (unpaired) electrons. The van der Waals surface area contributed by atoms with E-state index in [9.17, 15) is 14.2 Å². The summed E-state index contributed by atoms with van der Waals surface area (Å²) in [5.41, 5.74) is 0. The van der Waals surface area contributed by atoms with Crippen LogP contribution >= 0.6 is 7.82 Å². The van der Waals surface area contributed by atoms with Crippen molar-refractivity contribution in [2.75, 3.05) is 13.2 Å². The molecule has 0 fully saturated rings. The van der Waals surface area contributed by atoms with Gasteiger partial charge in [0.05, 0.1) is 6.61 Å². The summed E-state index contributed by atoms with van der Waals surface area (Å²) in [5.74, 6) is -0.958. The molecule has 0 heterocycles. The number of hydrogen-bond acceptors (Lipinski definition) is 6. The predicted molar refractivity (Wildman–Crippen MR) is 198 cm³/mol. The highest BCUT2D eigenvalue weighted by Crippen LogP contribution is 2.36. The molecule has 0 unspecified atom stereocenters. The Labute approximate surface area is 293 Å². The van der Waals surface area contributed by atoms with Crippen molar-refractivity contribution in [2.24, 2.45) is 0 Å². The van der Waals surface area contributed by atoms with E-state index in [1.165, 1.54) is 77.0 Å². The highest BCUT2D eigenvalue weighted by atomic mass is 31.2. The van der Waals surface area contributed by atoms with Crippen LogP contribution in [0.3, 0.4) is 0 Å². The molecule has 0 amide bonds. The maximum atomic E-state index is 12.3. The first-order chi connectivity index (χ1) is 23.3. The van der Waals surface area contributed by atoms with Gasteiger partial charge < -0.3 is 19.3 Å². The van der Waals surface area contributed by atoms with Gasteiger partial charge in [0, 0.05) is 12.8 Å². The van der Waals surface area contributed by atoms with E-state index in [0.29, 0.717) is 12.8 Å². The molecule has 8 nitrogen and oxygen atoms in total. The molecule has 0 aliphatic rings. The second kappa shape index (κ2) is 34.9. The Morgan fingerprint density at radius 2 is 0.938 bits per heavy atom. The molecule has 48 heavy (non-hydrogen) atoms. The Bertz CT molecular complexity index is 921. The standard InChI is InChI=1S/C39H69O8P/c1-3-5-7-9-11-13-15-17-19-21-23-25-27-29-31-33-38(40)45-35-37(36-46-48(42,43)44)47-39(41)34-32-30-28-26-24-22-20-18-16-14-12-10-8-6-4-2/h12,14,18,20,23-26,37H,3-11,13,15-17,19,21-22,27-36H2,1-2H3,(H2,42,43,44)/b14-12+,20-18+,25-23+,26-24+/t37-/m1/s1. The van der Waals surface area contributed by atoms with Crippen molar-refractivity contribution in [3.8, 4) is 0 Å². The summed E-state index contributed by atoms with van der Waals surface area (Å²) >= 11 is 0. The molecule has 278 valence electrons. The number of hydrogen-bond donors (Lipinski definition) is 2. The van der Waals surface area contributed by atoms with Crippen molar-refractivity contribution >= 4 is 19.8 Å². The Hall–Kier alpha value is -1.99. The molecule has 0 rings (SSSR count). The van der Waals surface area contributed by atoms with Crippen LogP contribution in [0.2, 0.25) is 0 Å². The van der Waals surface area contributed by atoms with Crippen molar-refractivity contribution < 1.29 is 37.9 Å². The van der Waals surface area contributed by atoms with E-state index < -0.39 is 32.5 Å². The van der Waals surface area contributed by atoms with Crippen LogP contribution in [0.5, 0.6) is 0 Å². The topological polar surface area (TPSA) is 119 Å². The number of carbonyl (C=O) groups excluding carboxylic acids is 2. The molecule has 0 aliphatic carbocycles. The number of esters is 2.